The summed E-state index contributed by atoms with van der Waals surface area (Å²) in [4.78, 5) is 97.6. The van der Waals surface area contributed by atoms with E-state index in [0.29, 0.717) is 126 Å². The lowest BCUT2D eigenvalue weighted by Gasteiger charge is -2.28. The average molecular weight is 1510 g/mol. The van der Waals surface area contributed by atoms with Crippen LogP contribution in [-0.2, 0) is 103 Å². The Labute approximate surface area is 637 Å². The number of imidazole rings is 3. The van der Waals surface area contributed by atoms with E-state index in [0.717, 1.165) is 155 Å². The number of hydrogen-bond donors (Lipinski definition) is 5. The summed E-state index contributed by atoms with van der Waals surface area (Å²) in [6, 6.07) is 42.1. The van der Waals surface area contributed by atoms with E-state index in [2.05, 4.69) is 64.5 Å². The molecule has 4 aliphatic heterocycles. The maximum absolute atomic E-state index is 13.3. The molecule has 574 valence electrons. The highest BCUT2D eigenvalue weighted by Gasteiger charge is 2.34. The molecule has 0 atom stereocenters. The van der Waals surface area contributed by atoms with E-state index in [-0.39, 0.29) is 47.9 Å². The molecule has 26 nitrogen and oxygen atoms in total. The van der Waals surface area contributed by atoms with Crippen molar-refractivity contribution < 1.29 is 61.5 Å². The minimum Gasteiger partial charge on any atom is -0.392 e. The maximum atomic E-state index is 13.3. The molecule has 111 heavy (non-hydrogen) atoms. The second kappa shape index (κ2) is 36.6. The number of nitrogens with one attached hydrogen (secondary N) is 3. The zero-order valence-corrected chi connectivity index (χ0v) is 61.2. The molecule has 6 aromatic carbocycles. The molecule has 0 amide bonds. The van der Waals surface area contributed by atoms with Gasteiger partial charge >= 0.3 is 6.18 Å². The lowest BCUT2D eigenvalue weighted by Crippen LogP contribution is -2.38. The summed E-state index contributed by atoms with van der Waals surface area (Å²) < 4.78 is 67.4. The average Bonchev–Trinajstić information content (AvgIpc) is 1.72. The van der Waals surface area contributed by atoms with Crippen molar-refractivity contribution in [2.24, 2.45) is 0 Å². The minimum absolute atomic E-state index is 0.00527. The molecule has 0 aliphatic carbocycles. The van der Waals surface area contributed by atoms with Crippen LogP contribution < -0.4 is 14.7 Å². The van der Waals surface area contributed by atoms with Crippen molar-refractivity contribution in [2.45, 2.75) is 64.5 Å². The number of benzene rings is 6. The van der Waals surface area contributed by atoms with Gasteiger partial charge in [-0.3, -0.25) is 19.3 Å². The van der Waals surface area contributed by atoms with Crippen LogP contribution in [0.1, 0.15) is 55.6 Å². The van der Waals surface area contributed by atoms with Gasteiger partial charge in [0.1, 0.15) is 33.9 Å². The molecule has 4 aliphatic rings. The van der Waals surface area contributed by atoms with Gasteiger partial charge < -0.3 is 63.5 Å². The van der Waals surface area contributed by atoms with Gasteiger partial charge in [0.2, 0.25) is 0 Å². The zero-order valence-electron chi connectivity index (χ0n) is 61.2. The summed E-state index contributed by atoms with van der Waals surface area (Å²) in [6.45, 7) is 13.5. The van der Waals surface area contributed by atoms with Crippen molar-refractivity contribution in [3.05, 3.63) is 214 Å². The van der Waals surface area contributed by atoms with Crippen molar-refractivity contribution in [3.63, 3.8) is 0 Å². The predicted molar refractivity (Wildman–Crippen MR) is 411 cm³/mol. The first-order chi connectivity index (χ1) is 54.2. The van der Waals surface area contributed by atoms with Crippen molar-refractivity contribution in [3.8, 4) is 34.2 Å². The fourth-order valence-electron chi connectivity index (χ4n) is 13.6. The normalized spacial score (nSPS) is 15.0. The Balaban J connectivity index is 0.000000139. The number of aromatic nitrogens is 12. The highest BCUT2D eigenvalue weighted by molar-refractivity contribution is 5.89. The van der Waals surface area contributed by atoms with Crippen LogP contribution in [0.15, 0.2) is 159 Å². The maximum Gasteiger partial charge on any atom is 0.416 e. The second-order valence-corrected chi connectivity index (χ2v) is 27.4. The number of aromatic amines is 3. The number of alkyl halides is 3. The number of morpholine rings is 4. The topological polar surface area (TPSA) is 314 Å². The molecular formula is C82H85F3N16O10. The number of rotatable bonds is 25. The fraction of sp³-hybridized carbons (Fsp3) is 0.341. The predicted octanol–water partition coefficient (Wildman–Crippen LogP) is 9.48. The summed E-state index contributed by atoms with van der Waals surface area (Å²) in [5.74, 6) is 4.26. The van der Waals surface area contributed by atoms with Crippen LogP contribution >= 0.6 is 0 Å². The highest BCUT2D eigenvalue weighted by atomic mass is 19.4. The summed E-state index contributed by atoms with van der Waals surface area (Å²) in [6.07, 6.45) is 1.71. The van der Waals surface area contributed by atoms with Crippen molar-refractivity contribution >= 4 is 68.3 Å². The van der Waals surface area contributed by atoms with E-state index in [4.69, 9.17) is 43.7 Å². The fourth-order valence-corrected chi connectivity index (χ4v) is 13.6. The van der Waals surface area contributed by atoms with Gasteiger partial charge in [-0.1, -0.05) is 133 Å². The number of nitrogens with zero attached hydrogens (tertiary/aromatic N) is 13. The number of carbonyl (C=O) groups excluding carboxylic acids is 3. The number of aliphatic hydroxyl groups is 2. The largest absolute Gasteiger partial charge is 0.416 e. The first-order valence-corrected chi connectivity index (χ1v) is 37.1. The third-order valence-corrected chi connectivity index (χ3v) is 19.6. The van der Waals surface area contributed by atoms with Crippen LogP contribution in [0.5, 0.6) is 0 Å². The SMILES string of the molecule is O=C(Cc1ccc(-c2nc(N3CCOCC3)c3[nH]cnc3n2)cc1)Cc1ccc(CO)c(C(F)(F)F)c1.O=C(Cc1ccc(CO)cc1)Cc1ccc(-c2nc(N3CCOCC3)c3[nH]cnc3n2)cc1.O=C(Cc1ccc(COCCN2CCOCC2)cc1)Cc1ccc(-c2nc(N3CCOCC3)c3[nH]cnc3n2)cc1. The summed E-state index contributed by atoms with van der Waals surface area (Å²) in [5.41, 5.74) is 12.5. The molecule has 12 aromatic rings. The molecule has 0 bridgehead atoms. The number of hydrogen-bond acceptors (Lipinski definition) is 23. The lowest BCUT2D eigenvalue weighted by atomic mass is 9.98. The summed E-state index contributed by atoms with van der Waals surface area (Å²) in [7, 11) is 0. The standard InChI is InChI=1S/C31H36N6O4.C26H24F3N5O3.C25H25N5O3/c38-27(19-23-1-3-25(4-2-23)21-41-16-11-36-9-14-39-15-10-36)20-24-5-7-26(8-6-24)29-34-30-28(32-22-33-30)31(35-29)37-12-17-40-18-13-37;27-26(28,29)21-13-17(3-6-19(21)14-35)12-20(36)11-16-1-4-18(5-2-16)23-32-24-22(30-15-31-24)25(33-23)34-7-9-37-10-8-34;31-15-19-3-1-17(2-4-19)13-21(32)14-18-5-7-20(8-6-18)23-28-24-22(26-16-27-24)25(29-23)30-9-11-33-12-10-30/h1-8,22H,9-21H2,(H,32,33,34,35);1-6,13,15,35H,7-12,14H2,(H,30,31,32,33);1-8,16,31H,9-15H2,(H,26,27,28,29). The van der Waals surface area contributed by atoms with Crippen LogP contribution in [0.25, 0.3) is 67.7 Å². The molecule has 0 unspecified atom stereocenters. The van der Waals surface area contributed by atoms with Crippen LogP contribution in [0, 0.1) is 0 Å². The van der Waals surface area contributed by atoms with Crippen molar-refractivity contribution in [1.82, 2.24) is 64.7 Å². The van der Waals surface area contributed by atoms with E-state index in [9.17, 15) is 32.7 Å². The van der Waals surface area contributed by atoms with Crippen LogP contribution in [0.2, 0.25) is 0 Å². The van der Waals surface area contributed by atoms with Gasteiger partial charge in [0, 0.05) is 114 Å². The van der Waals surface area contributed by atoms with E-state index in [1.54, 1.807) is 31.1 Å². The van der Waals surface area contributed by atoms with Crippen molar-refractivity contribution in [1.29, 1.82) is 0 Å². The number of fused-ring (bicyclic) bond motifs is 3. The molecule has 4 fully saturated rings. The summed E-state index contributed by atoms with van der Waals surface area (Å²) >= 11 is 0. The van der Waals surface area contributed by atoms with E-state index in [1.807, 2.05) is 109 Å². The van der Waals surface area contributed by atoms with Gasteiger partial charge in [0.25, 0.3) is 0 Å². The summed E-state index contributed by atoms with van der Waals surface area (Å²) in [5, 5.41) is 18.3. The second-order valence-electron chi connectivity index (χ2n) is 27.4. The number of ketones is 3. The number of carbonyl (C=O) groups is 3. The van der Waals surface area contributed by atoms with E-state index >= 15 is 0 Å². The minimum atomic E-state index is -4.60. The number of halogens is 3. The van der Waals surface area contributed by atoms with E-state index in [1.165, 1.54) is 12.1 Å². The molecular weight excluding hydrogens is 1430 g/mol. The Morgan fingerprint density at radius 2 is 0.712 bits per heavy atom. The number of aliphatic hydroxyl groups excluding tert-OH is 2. The third kappa shape index (κ3) is 20.1. The smallest absolute Gasteiger partial charge is 0.392 e. The Hall–Kier alpha value is -11.2. The number of Topliss-reactive ketones (excluding diaryl/α,β-unsaturated/α-hetero) is 3. The number of anilines is 3. The molecule has 0 spiro atoms. The third-order valence-electron chi connectivity index (χ3n) is 19.6. The van der Waals surface area contributed by atoms with Gasteiger partial charge in [-0.25, -0.2) is 44.9 Å². The van der Waals surface area contributed by atoms with Crippen LogP contribution in [-0.4, -0.2) is 211 Å². The number of ether oxygens (including phenoxy) is 5. The van der Waals surface area contributed by atoms with Gasteiger partial charge in [0.15, 0.2) is 51.9 Å². The molecule has 4 saturated heterocycles. The van der Waals surface area contributed by atoms with Gasteiger partial charge in [-0.15, -0.1) is 0 Å². The van der Waals surface area contributed by atoms with Crippen LogP contribution in [0.4, 0.5) is 30.6 Å². The van der Waals surface area contributed by atoms with Crippen molar-refractivity contribution in [2.75, 3.05) is 133 Å². The monoisotopic (exact) mass is 1510 g/mol. The molecule has 0 radical (unpaired) electrons. The molecule has 0 saturated carbocycles. The molecule has 6 aromatic heterocycles. The Kier molecular flexibility index (Phi) is 25.2. The van der Waals surface area contributed by atoms with Gasteiger partial charge in [-0.2, -0.15) is 13.2 Å². The Bertz CT molecular complexity index is 5100. The highest BCUT2D eigenvalue weighted by Crippen LogP contribution is 2.35. The van der Waals surface area contributed by atoms with E-state index < -0.39 is 18.3 Å². The molecule has 29 heteroatoms. The van der Waals surface area contributed by atoms with Gasteiger partial charge in [0.05, 0.1) is 104 Å². The number of H-pyrrole nitrogens is 3. The zero-order chi connectivity index (χ0) is 76.5. The molecule has 16 rings (SSSR count). The Morgan fingerprint density at radius 3 is 1.05 bits per heavy atom. The quantitative estimate of drug-likeness (QED) is 0.0332. The van der Waals surface area contributed by atoms with Gasteiger partial charge in [-0.05, 0) is 56.1 Å². The Morgan fingerprint density at radius 1 is 0.396 bits per heavy atom. The molecule has 10 heterocycles. The first-order valence-electron chi connectivity index (χ1n) is 37.1. The van der Waals surface area contributed by atoms with Crippen LogP contribution in [0.3, 0.4) is 0 Å². The lowest BCUT2D eigenvalue weighted by molar-refractivity contribution is -0.138. The first kappa shape index (κ1) is 76.6. The molecule has 5 N–H and O–H groups in total.